The molecule has 124 valence electrons. The number of ether oxygens (including phenoxy) is 2. The largest absolute Gasteiger partial charge is 0.497 e. The molecule has 0 saturated heterocycles. The third-order valence-corrected chi connectivity index (χ3v) is 3.95. The minimum absolute atomic E-state index is 0.0574. The first-order chi connectivity index (χ1) is 11.7. The first kappa shape index (κ1) is 16.2. The second-order valence-electron chi connectivity index (χ2n) is 4.89. The van der Waals surface area contributed by atoms with E-state index in [0.29, 0.717) is 10.9 Å². The summed E-state index contributed by atoms with van der Waals surface area (Å²) in [5.74, 6) is 1.22. The van der Waals surface area contributed by atoms with Crippen LogP contribution in [-0.2, 0) is 16.1 Å². The lowest BCUT2D eigenvalue weighted by atomic mass is 10.2. The van der Waals surface area contributed by atoms with E-state index < -0.39 is 0 Å². The molecule has 0 aliphatic heterocycles. The lowest BCUT2D eigenvalue weighted by Crippen LogP contribution is -2.18. The Labute approximate surface area is 143 Å². The van der Waals surface area contributed by atoms with E-state index in [9.17, 15) is 4.79 Å². The number of carbonyl (C=O) groups is 1. The number of carbonyl (C=O) groups excluding carboxylic acids is 1. The van der Waals surface area contributed by atoms with E-state index in [2.05, 4.69) is 10.3 Å². The van der Waals surface area contributed by atoms with E-state index in [0.717, 1.165) is 17.0 Å². The van der Waals surface area contributed by atoms with Crippen molar-refractivity contribution < 1.29 is 18.7 Å². The Morgan fingerprint density at radius 1 is 1.29 bits per heavy atom. The molecule has 7 heteroatoms. The van der Waals surface area contributed by atoms with Crippen LogP contribution < -0.4 is 10.1 Å². The van der Waals surface area contributed by atoms with Crippen LogP contribution in [0.5, 0.6) is 5.75 Å². The Bertz CT molecular complexity index is 781. The topological polar surface area (TPSA) is 73.6 Å². The highest BCUT2D eigenvalue weighted by Gasteiger charge is 2.09. The number of hydrogen-bond donors (Lipinski definition) is 1. The minimum Gasteiger partial charge on any atom is -0.497 e. The van der Waals surface area contributed by atoms with Crippen molar-refractivity contribution in [2.75, 3.05) is 19.0 Å². The number of benzene rings is 1. The van der Waals surface area contributed by atoms with Crippen LogP contribution >= 0.6 is 11.3 Å². The molecule has 0 bridgehead atoms. The van der Waals surface area contributed by atoms with Crippen molar-refractivity contribution in [1.29, 1.82) is 0 Å². The Kier molecular flexibility index (Phi) is 5.25. The summed E-state index contributed by atoms with van der Waals surface area (Å²) < 4.78 is 15.5. The van der Waals surface area contributed by atoms with Crippen LogP contribution in [0.1, 0.15) is 5.76 Å². The zero-order valence-electron chi connectivity index (χ0n) is 13.0. The van der Waals surface area contributed by atoms with Crippen LogP contribution in [0.15, 0.2) is 52.5 Å². The van der Waals surface area contributed by atoms with Crippen LogP contribution in [0.25, 0.3) is 11.3 Å². The quantitative estimate of drug-likeness (QED) is 0.709. The normalized spacial score (nSPS) is 10.5. The highest BCUT2D eigenvalue weighted by atomic mass is 32.1. The van der Waals surface area contributed by atoms with Gasteiger partial charge in [0.1, 0.15) is 24.7 Å². The molecular weight excluding hydrogens is 328 g/mol. The predicted octanol–water partition coefficient (Wildman–Crippen LogP) is 3.57. The average molecular weight is 344 g/mol. The van der Waals surface area contributed by atoms with E-state index in [-0.39, 0.29) is 19.1 Å². The summed E-state index contributed by atoms with van der Waals surface area (Å²) in [5.41, 5.74) is 1.76. The molecule has 0 spiro atoms. The number of aromatic nitrogens is 1. The SMILES string of the molecule is COc1ccc(-c2csc(NC(=O)COCc3ccco3)n2)cc1. The fourth-order valence-corrected chi connectivity index (χ4v) is 2.76. The first-order valence-corrected chi connectivity index (χ1v) is 8.12. The van der Waals surface area contributed by atoms with E-state index >= 15 is 0 Å². The van der Waals surface area contributed by atoms with Crippen molar-refractivity contribution in [3.8, 4) is 17.0 Å². The van der Waals surface area contributed by atoms with Crippen molar-refractivity contribution in [2.24, 2.45) is 0 Å². The van der Waals surface area contributed by atoms with Gasteiger partial charge in [-0.15, -0.1) is 11.3 Å². The number of thiazole rings is 1. The fourth-order valence-electron chi connectivity index (χ4n) is 2.02. The summed E-state index contributed by atoms with van der Waals surface area (Å²) in [6.07, 6.45) is 1.56. The predicted molar refractivity (Wildman–Crippen MR) is 91.1 cm³/mol. The van der Waals surface area contributed by atoms with Gasteiger partial charge >= 0.3 is 0 Å². The standard InChI is InChI=1S/C17H16N2O4S/c1-21-13-6-4-12(5-7-13)15-11-24-17(18-15)19-16(20)10-22-9-14-3-2-8-23-14/h2-8,11H,9-10H2,1H3,(H,18,19,20). The molecular formula is C17H16N2O4S. The molecule has 0 unspecified atom stereocenters. The van der Waals surface area contributed by atoms with E-state index in [1.54, 1.807) is 25.5 Å². The average Bonchev–Trinajstić information content (AvgIpc) is 3.27. The number of nitrogens with one attached hydrogen (secondary N) is 1. The lowest BCUT2D eigenvalue weighted by molar-refractivity contribution is -0.121. The molecule has 3 aromatic rings. The van der Waals surface area contributed by atoms with Gasteiger partial charge in [-0.1, -0.05) is 0 Å². The summed E-state index contributed by atoms with van der Waals surface area (Å²) in [4.78, 5) is 16.3. The third kappa shape index (κ3) is 4.21. The van der Waals surface area contributed by atoms with Crippen molar-refractivity contribution in [1.82, 2.24) is 4.98 Å². The molecule has 0 radical (unpaired) electrons. The van der Waals surface area contributed by atoms with Gasteiger partial charge < -0.3 is 13.9 Å². The zero-order valence-corrected chi connectivity index (χ0v) is 13.8. The van der Waals surface area contributed by atoms with E-state index in [1.807, 2.05) is 29.6 Å². The third-order valence-electron chi connectivity index (χ3n) is 3.19. The van der Waals surface area contributed by atoms with Gasteiger partial charge in [0.2, 0.25) is 0 Å². The maximum Gasteiger partial charge on any atom is 0.252 e. The highest BCUT2D eigenvalue weighted by molar-refractivity contribution is 7.14. The molecule has 1 N–H and O–H groups in total. The van der Waals surface area contributed by atoms with Gasteiger partial charge in [-0.3, -0.25) is 10.1 Å². The molecule has 0 fully saturated rings. The van der Waals surface area contributed by atoms with Gasteiger partial charge in [0.05, 0.1) is 19.1 Å². The van der Waals surface area contributed by atoms with E-state index in [4.69, 9.17) is 13.9 Å². The molecule has 24 heavy (non-hydrogen) atoms. The first-order valence-electron chi connectivity index (χ1n) is 7.24. The number of amides is 1. The number of methoxy groups -OCH3 is 1. The molecule has 2 aromatic heterocycles. The van der Waals surface area contributed by atoms with Crippen molar-refractivity contribution in [3.05, 3.63) is 53.8 Å². The molecule has 1 aromatic carbocycles. The van der Waals surface area contributed by atoms with Crippen LogP contribution in [0.2, 0.25) is 0 Å². The van der Waals surface area contributed by atoms with Crippen molar-refractivity contribution in [3.63, 3.8) is 0 Å². The van der Waals surface area contributed by atoms with Gasteiger partial charge in [-0.25, -0.2) is 4.98 Å². The van der Waals surface area contributed by atoms with Gasteiger partial charge in [-0.2, -0.15) is 0 Å². The molecule has 0 aliphatic rings. The summed E-state index contributed by atoms with van der Waals surface area (Å²) in [6, 6.07) is 11.2. The number of anilines is 1. The number of hydrogen-bond acceptors (Lipinski definition) is 6. The monoisotopic (exact) mass is 344 g/mol. The molecule has 2 heterocycles. The van der Waals surface area contributed by atoms with Crippen LogP contribution in [0.3, 0.4) is 0 Å². The molecule has 0 saturated carbocycles. The van der Waals surface area contributed by atoms with Crippen molar-refractivity contribution >= 4 is 22.4 Å². The Morgan fingerprint density at radius 3 is 2.83 bits per heavy atom. The molecule has 1 amide bonds. The maximum absolute atomic E-state index is 11.9. The summed E-state index contributed by atoms with van der Waals surface area (Å²) in [7, 11) is 1.62. The molecule has 3 rings (SSSR count). The molecule has 6 nitrogen and oxygen atoms in total. The van der Waals surface area contributed by atoms with Crippen LogP contribution in [-0.4, -0.2) is 24.6 Å². The number of furan rings is 1. The minimum atomic E-state index is -0.253. The molecule has 0 atom stereocenters. The Morgan fingerprint density at radius 2 is 2.12 bits per heavy atom. The van der Waals surface area contributed by atoms with Crippen LogP contribution in [0.4, 0.5) is 5.13 Å². The smallest absolute Gasteiger partial charge is 0.252 e. The highest BCUT2D eigenvalue weighted by Crippen LogP contribution is 2.26. The summed E-state index contributed by atoms with van der Waals surface area (Å²) in [6.45, 7) is 0.202. The summed E-state index contributed by atoms with van der Waals surface area (Å²) >= 11 is 1.37. The van der Waals surface area contributed by atoms with Gasteiger partial charge in [-0.05, 0) is 36.4 Å². The lowest BCUT2D eigenvalue weighted by Gasteiger charge is -2.02. The Balaban J connectivity index is 1.52. The number of nitrogens with zero attached hydrogens (tertiary/aromatic N) is 1. The second-order valence-corrected chi connectivity index (χ2v) is 5.74. The second kappa shape index (κ2) is 7.76. The van der Waals surface area contributed by atoms with Gasteiger partial charge in [0.15, 0.2) is 5.13 Å². The summed E-state index contributed by atoms with van der Waals surface area (Å²) in [5, 5.41) is 5.15. The Hall–Kier alpha value is -2.64. The van der Waals surface area contributed by atoms with Crippen LogP contribution in [0, 0.1) is 0 Å². The number of rotatable bonds is 7. The van der Waals surface area contributed by atoms with Gasteiger partial charge in [0, 0.05) is 10.9 Å². The van der Waals surface area contributed by atoms with E-state index in [1.165, 1.54) is 11.3 Å². The zero-order chi connectivity index (χ0) is 16.8. The van der Waals surface area contributed by atoms with Crippen molar-refractivity contribution in [2.45, 2.75) is 6.61 Å². The fraction of sp³-hybridized carbons (Fsp3) is 0.176. The van der Waals surface area contributed by atoms with Gasteiger partial charge in [0.25, 0.3) is 5.91 Å². The maximum atomic E-state index is 11.9. The molecule has 0 aliphatic carbocycles.